The van der Waals surface area contributed by atoms with Crippen molar-refractivity contribution in [3.63, 3.8) is 0 Å². The van der Waals surface area contributed by atoms with Gasteiger partial charge in [-0.3, -0.25) is 0 Å². The van der Waals surface area contributed by atoms with E-state index >= 15 is 0 Å². The van der Waals surface area contributed by atoms with Crippen LogP contribution in [0.1, 0.15) is 24.6 Å². The van der Waals surface area contributed by atoms with Crippen LogP contribution in [0.15, 0.2) is 22.7 Å². The van der Waals surface area contributed by atoms with Crippen LogP contribution < -0.4 is 5.73 Å². The highest BCUT2D eigenvalue weighted by molar-refractivity contribution is 9.10. The zero-order valence-corrected chi connectivity index (χ0v) is 12.3. The second kappa shape index (κ2) is 4.95. The molecule has 20 heavy (non-hydrogen) atoms. The number of nitrogen functional groups attached to an aromatic ring is 1. The molecule has 1 aromatic carbocycles. The number of halogens is 2. The Balaban J connectivity index is 2.16. The molecule has 2 aromatic rings. The van der Waals surface area contributed by atoms with E-state index in [9.17, 15) is 4.39 Å². The molecule has 0 aliphatic heterocycles. The van der Waals surface area contributed by atoms with Crippen molar-refractivity contribution >= 4 is 21.7 Å². The smallest absolute Gasteiger partial charge is 0.132 e. The normalized spacial score (nSPS) is 14.2. The molecule has 0 atom stereocenters. The molecule has 1 heterocycles. The zero-order valence-electron chi connectivity index (χ0n) is 10.7. The number of nitrogens with two attached hydrogens (primary N) is 1. The van der Waals surface area contributed by atoms with Crippen molar-refractivity contribution in [2.24, 2.45) is 0 Å². The number of nitrogens with zero attached hydrogens (tertiary/aromatic N) is 2. The van der Waals surface area contributed by atoms with Crippen LogP contribution in [-0.2, 0) is 6.54 Å². The van der Waals surface area contributed by atoms with Crippen molar-refractivity contribution in [1.82, 2.24) is 9.55 Å². The maximum absolute atomic E-state index is 14.0. The van der Waals surface area contributed by atoms with Gasteiger partial charge in [0.15, 0.2) is 0 Å². The van der Waals surface area contributed by atoms with Crippen LogP contribution in [0.5, 0.6) is 0 Å². The van der Waals surface area contributed by atoms with Gasteiger partial charge >= 0.3 is 0 Å². The second-order valence-corrected chi connectivity index (χ2v) is 5.81. The molecule has 0 radical (unpaired) electrons. The lowest BCUT2D eigenvalue weighted by atomic mass is 10.1. The second-order valence-electron chi connectivity index (χ2n) is 4.89. The Kier molecular flexibility index (Phi) is 3.27. The number of hydrogen-bond donors (Lipinski definition) is 1. The van der Waals surface area contributed by atoms with Gasteiger partial charge in [-0.2, -0.15) is 0 Å². The van der Waals surface area contributed by atoms with E-state index in [1.807, 2.05) is 4.57 Å². The van der Waals surface area contributed by atoms with E-state index in [0.717, 1.165) is 23.1 Å². The van der Waals surface area contributed by atoms with Gasteiger partial charge in [0.05, 0.1) is 6.54 Å². The molecular weight excluding hydrogens is 321 g/mol. The van der Waals surface area contributed by atoms with E-state index in [-0.39, 0.29) is 5.82 Å². The van der Waals surface area contributed by atoms with E-state index < -0.39 is 0 Å². The number of aromatic nitrogens is 2. The lowest BCUT2D eigenvalue weighted by Gasteiger charge is -2.05. The average Bonchev–Trinajstić information content (AvgIpc) is 3.21. The molecule has 0 unspecified atom stereocenters. The van der Waals surface area contributed by atoms with Crippen molar-refractivity contribution in [3.05, 3.63) is 34.3 Å². The van der Waals surface area contributed by atoms with Crippen LogP contribution in [0.3, 0.4) is 0 Å². The summed E-state index contributed by atoms with van der Waals surface area (Å²) in [6.45, 7) is 0.361. The summed E-state index contributed by atoms with van der Waals surface area (Å²) in [6, 6.07) is 4.73. The number of anilines is 1. The highest BCUT2D eigenvalue weighted by Gasteiger charge is 2.31. The van der Waals surface area contributed by atoms with Gasteiger partial charge in [0.2, 0.25) is 0 Å². The van der Waals surface area contributed by atoms with Crippen LogP contribution >= 0.6 is 15.9 Å². The predicted molar refractivity (Wildman–Crippen MR) is 80.5 cm³/mol. The first-order valence-corrected chi connectivity index (χ1v) is 7.16. The molecule has 2 N–H and O–H groups in total. The van der Waals surface area contributed by atoms with Gasteiger partial charge in [-0.1, -0.05) is 21.9 Å². The van der Waals surface area contributed by atoms with Crippen molar-refractivity contribution in [2.45, 2.75) is 25.3 Å². The lowest BCUT2D eigenvalue weighted by molar-refractivity contribution is 0.630. The predicted octanol–water partition coefficient (Wildman–Crippen LogP) is 3.54. The maximum atomic E-state index is 14.0. The van der Waals surface area contributed by atoms with Crippen molar-refractivity contribution in [2.75, 3.05) is 5.73 Å². The molecule has 0 spiro atoms. The van der Waals surface area contributed by atoms with E-state index in [2.05, 4.69) is 26.8 Å². The van der Waals surface area contributed by atoms with Gasteiger partial charge in [0.25, 0.3) is 0 Å². The molecule has 1 saturated carbocycles. The van der Waals surface area contributed by atoms with Crippen LogP contribution in [-0.4, -0.2) is 9.55 Å². The third kappa shape index (κ3) is 2.20. The average molecular weight is 334 g/mol. The van der Waals surface area contributed by atoms with E-state index in [1.165, 1.54) is 6.07 Å². The highest BCUT2D eigenvalue weighted by Crippen LogP contribution is 2.42. The summed E-state index contributed by atoms with van der Waals surface area (Å²) < 4.78 is 16.6. The third-order valence-electron chi connectivity index (χ3n) is 3.41. The molecule has 3 nitrogen and oxygen atoms in total. The molecule has 5 heteroatoms. The zero-order chi connectivity index (χ0) is 14.3. The molecular formula is C15H13BrFN3. The fourth-order valence-corrected chi connectivity index (χ4v) is 2.63. The summed E-state index contributed by atoms with van der Waals surface area (Å²) in [7, 11) is 0. The number of terminal acetylenes is 1. The Labute approximate surface area is 125 Å². The molecule has 1 fully saturated rings. The summed E-state index contributed by atoms with van der Waals surface area (Å²) >= 11 is 3.34. The maximum Gasteiger partial charge on any atom is 0.132 e. The summed E-state index contributed by atoms with van der Waals surface area (Å²) in [5, 5.41) is 0. The molecule has 0 bridgehead atoms. The quantitative estimate of drug-likeness (QED) is 0.873. The van der Waals surface area contributed by atoms with E-state index in [1.54, 1.807) is 12.1 Å². The Morgan fingerprint density at radius 1 is 1.50 bits per heavy atom. The molecule has 3 rings (SSSR count). The lowest BCUT2D eigenvalue weighted by Crippen LogP contribution is -2.05. The monoisotopic (exact) mass is 333 g/mol. The summed E-state index contributed by atoms with van der Waals surface area (Å²) in [6.07, 6.45) is 7.55. The number of rotatable bonds is 3. The minimum Gasteiger partial charge on any atom is -0.383 e. The van der Waals surface area contributed by atoms with Gasteiger partial charge in [0, 0.05) is 16.0 Å². The first-order chi connectivity index (χ1) is 9.61. The molecule has 0 amide bonds. The largest absolute Gasteiger partial charge is 0.383 e. The molecule has 102 valence electrons. The number of hydrogen-bond acceptors (Lipinski definition) is 2. The Morgan fingerprint density at radius 2 is 2.25 bits per heavy atom. The molecule has 1 aliphatic carbocycles. The standard InChI is InChI=1S/C15H13BrFN3/c1-2-7-20-14(18)13(19-15(20)9-3-4-9)11-8-10(16)5-6-12(11)17/h1,5-6,8-9H,3-4,7,18H2. The van der Waals surface area contributed by atoms with Crippen LogP contribution in [0.25, 0.3) is 11.3 Å². The van der Waals surface area contributed by atoms with Crippen LogP contribution in [0.4, 0.5) is 10.2 Å². The fraction of sp³-hybridized carbons (Fsp3) is 0.267. The minimum atomic E-state index is -0.340. The Bertz CT molecular complexity index is 711. The van der Waals surface area contributed by atoms with Crippen molar-refractivity contribution < 1.29 is 4.39 Å². The third-order valence-corrected chi connectivity index (χ3v) is 3.90. The Morgan fingerprint density at radius 3 is 2.90 bits per heavy atom. The first kappa shape index (κ1) is 13.2. The van der Waals surface area contributed by atoms with E-state index in [4.69, 9.17) is 12.2 Å². The number of benzene rings is 1. The van der Waals surface area contributed by atoms with Gasteiger partial charge < -0.3 is 10.3 Å². The van der Waals surface area contributed by atoms with Gasteiger partial charge in [0.1, 0.15) is 23.2 Å². The number of imidazole rings is 1. The summed E-state index contributed by atoms with van der Waals surface area (Å²) in [5.41, 5.74) is 7.00. The van der Waals surface area contributed by atoms with Crippen molar-refractivity contribution in [1.29, 1.82) is 0 Å². The van der Waals surface area contributed by atoms with Crippen molar-refractivity contribution in [3.8, 4) is 23.6 Å². The molecule has 1 aromatic heterocycles. The first-order valence-electron chi connectivity index (χ1n) is 6.36. The SMILES string of the molecule is C#CCn1c(C2CC2)nc(-c2cc(Br)ccc2F)c1N. The minimum absolute atomic E-state index is 0.340. The van der Waals surface area contributed by atoms with Gasteiger partial charge in [-0.25, -0.2) is 9.37 Å². The highest BCUT2D eigenvalue weighted by atomic mass is 79.9. The summed E-state index contributed by atoms with van der Waals surface area (Å²) in [4.78, 5) is 4.54. The van der Waals surface area contributed by atoms with E-state index in [0.29, 0.717) is 29.5 Å². The summed E-state index contributed by atoms with van der Waals surface area (Å²) in [5.74, 6) is 3.94. The van der Waals surface area contributed by atoms with Crippen LogP contribution in [0.2, 0.25) is 0 Å². The molecule has 1 aliphatic rings. The van der Waals surface area contributed by atoms with Gasteiger partial charge in [-0.05, 0) is 31.0 Å². The van der Waals surface area contributed by atoms with Gasteiger partial charge in [-0.15, -0.1) is 6.42 Å². The topological polar surface area (TPSA) is 43.8 Å². The Hall–Kier alpha value is -1.80. The molecule has 0 saturated heterocycles. The fourth-order valence-electron chi connectivity index (χ4n) is 2.27. The van der Waals surface area contributed by atoms with Crippen LogP contribution in [0, 0.1) is 18.2 Å².